The van der Waals surface area contributed by atoms with Crippen molar-refractivity contribution in [2.24, 2.45) is 0 Å². The van der Waals surface area contributed by atoms with Crippen molar-refractivity contribution in [3.63, 3.8) is 0 Å². The number of hydrogen-bond acceptors (Lipinski definition) is 1. The summed E-state index contributed by atoms with van der Waals surface area (Å²) in [4.78, 5) is 11.7. The first-order valence-electron chi connectivity index (χ1n) is 5.47. The molecule has 0 radical (unpaired) electrons. The fraction of sp³-hybridized carbons (Fsp3) is 0.462. The van der Waals surface area contributed by atoms with Crippen LogP contribution in [0.4, 0.5) is 4.39 Å². The largest absolute Gasteiger partial charge is 0.348 e. The Morgan fingerprint density at radius 3 is 2.53 bits per heavy atom. The standard InChI is InChI=1S/C13H17BrFNO/c1-8-5-6-10(7-11(8)15)9(2)16-12(17)13(3,4)14/h5-7,9H,1-4H3,(H,16,17). The second kappa shape index (κ2) is 5.17. The van der Waals surface area contributed by atoms with Gasteiger partial charge in [0.25, 0.3) is 0 Å². The van der Waals surface area contributed by atoms with Crippen molar-refractivity contribution in [2.45, 2.75) is 38.1 Å². The number of alkyl halides is 1. The van der Waals surface area contributed by atoms with Crippen molar-refractivity contribution in [2.75, 3.05) is 0 Å². The fourth-order valence-electron chi connectivity index (χ4n) is 1.33. The molecule has 1 rings (SSSR count). The Morgan fingerprint density at radius 2 is 2.06 bits per heavy atom. The van der Waals surface area contributed by atoms with Gasteiger partial charge in [-0.3, -0.25) is 4.79 Å². The minimum atomic E-state index is -0.621. The normalized spacial score (nSPS) is 13.3. The zero-order chi connectivity index (χ0) is 13.2. The van der Waals surface area contributed by atoms with Crippen LogP contribution in [0.1, 0.15) is 37.9 Å². The number of carbonyl (C=O) groups is 1. The van der Waals surface area contributed by atoms with Gasteiger partial charge in [0.2, 0.25) is 5.91 Å². The Morgan fingerprint density at radius 1 is 1.47 bits per heavy atom. The van der Waals surface area contributed by atoms with Gasteiger partial charge in [0.15, 0.2) is 0 Å². The van der Waals surface area contributed by atoms with E-state index in [4.69, 9.17) is 0 Å². The number of hydrogen-bond donors (Lipinski definition) is 1. The van der Waals surface area contributed by atoms with Gasteiger partial charge in [0, 0.05) is 0 Å². The van der Waals surface area contributed by atoms with Crippen LogP contribution in [-0.2, 0) is 4.79 Å². The van der Waals surface area contributed by atoms with Gasteiger partial charge >= 0.3 is 0 Å². The molecule has 1 atom stereocenters. The number of aryl methyl sites for hydroxylation is 1. The van der Waals surface area contributed by atoms with Crippen molar-refractivity contribution in [3.8, 4) is 0 Å². The van der Waals surface area contributed by atoms with E-state index in [9.17, 15) is 9.18 Å². The first-order valence-corrected chi connectivity index (χ1v) is 6.27. The van der Waals surface area contributed by atoms with Gasteiger partial charge < -0.3 is 5.32 Å². The highest BCUT2D eigenvalue weighted by atomic mass is 79.9. The summed E-state index contributed by atoms with van der Waals surface area (Å²) in [5, 5.41) is 2.83. The molecule has 2 nitrogen and oxygen atoms in total. The zero-order valence-corrected chi connectivity index (χ0v) is 12.1. The minimum Gasteiger partial charge on any atom is -0.348 e. The summed E-state index contributed by atoms with van der Waals surface area (Å²) < 4.78 is 12.8. The molecular formula is C13H17BrFNO. The molecule has 1 N–H and O–H groups in total. The lowest BCUT2D eigenvalue weighted by Crippen LogP contribution is -2.38. The van der Waals surface area contributed by atoms with Gasteiger partial charge in [-0.1, -0.05) is 28.1 Å². The summed E-state index contributed by atoms with van der Waals surface area (Å²) in [5.41, 5.74) is 1.37. The van der Waals surface area contributed by atoms with Crippen molar-refractivity contribution < 1.29 is 9.18 Å². The smallest absolute Gasteiger partial charge is 0.236 e. The molecule has 0 aromatic heterocycles. The molecule has 0 fully saturated rings. The van der Waals surface area contributed by atoms with Gasteiger partial charge in [0.1, 0.15) is 5.82 Å². The van der Waals surface area contributed by atoms with Crippen LogP contribution in [0.3, 0.4) is 0 Å². The average Bonchev–Trinajstić information content (AvgIpc) is 2.20. The van der Waals surface area contributed by atoms with E-state index in [-0.39, 0.29) is 17.8 Å². The Bertz CT molecular complexity index is 426. The zero-order valence-electron chi connectivity index (χ0n) is 10.5. The van der Waals surface area contributed by atoms with Gasteiger partial charge in [-0.05, 0) is 44.9 Å². The summed E-state index contributed by atoms with van der Waals surface area (Å²) >= 11 is 3.28. The second-order valence-corrected chi connectivity index (χ2v) is 6.66. The first kappa shape index (κ1) is 14.2. The number of carbonyl (C=O) groups excluding carboxylic acids is 1. The molecule has 1 unspecified atom stereocenters. The van der Waals surface area contributed by atoms with E-state index in [1.54, 1.807) is 26.8 Å². The molecule has 1 aromatic carbocycles. The van der Waals surface area contributed by atoms with E-state index in [0.717, 1.165) is 5.56 Å². The quantitative estimate of drug-likeness (QED) is 0.851. The average molecular weight is 302 g/mol. The van der Waals surface area contributed by atoms with Crippen LogP contribution in [0.25, 0.3) is 0 Å². The maximum Gasteiger partial charge on any atom is 0.236 e. The number of amides is 1. The van der Waals surface area contributed by atoms with E-state index in [1.165, 1.54) is 6.07 Å². The molecule has 1 amide bonds. The molecule has 0 aliphatic carbocycles. The Kier molecular flexibility index (Phi) is 4.31. The number of halogens is 2. The Balaban J connectivity index is 2.80. The van der Waals surface area contributed by atoms with E-state index >= 15 is 0 Å². The monoisotopic (exact) mass is 301 g/mol. The summed E-state index contributed by atoms with van der Waals surface area (Å²) in [6.45, 7) is 7.08. The van der Waals surface area contributed by atoms with E-state index in [1.807, 2.05) is 13.0 Å². The number of rotatable bonds is 3. The maximum absolute atomic E-state index is 13.4. The lowest BCUT2D eigenvalue weighted by molar-refractivity contribution is -0.123. The Hall–Kier alpha value is -0.900. The lowest BCUT2D eigenvalue weighted by Gasteiger charge is -2.21. The molecule has 1 aromatic rings. The van der Waals surface area contributed by atoms with Crippen LogP contribution < -0.4 is 5.32 Å². The van der Waals surface area contributed by atoms with E-state index < -0.39 is 4.32 Å². The first-order chi connectivity index (χ1) is 7.71. The molecule has 0 bridgehead atoms. The number of nitrogens with one attached hydrogen (secondary N) is 1. The molecule has 0 spiro atoms. The SMILES string of the molecule is Cc1ccc(C(C)NC(=O)C(C)(C)Br)cc1F. The topological polar surface area (TPSA) is 29.1 Å². The number of benzene rings is 1. The second-order valence-electron chi connectivity index (χ2n) is 4.68. The van der Waals surface area contributed by atoms with Crippen LogP contribution in [0.15, 0.2) is 18.2 Å². The molecule has 17 heavy (non-hydrogen) atoms. The highest BCUT2D eigenvalue weighted by Gasteiger charge is 2.25. The maximum atomic E-state index is 13.4. The third kappa shape index (κ3) is 3.80. The van der Waals surface area contributed by atoms with Crippen LogP contribution in [0.5, 0.6) is 0 Å². The van der Waals surface area contributed by atoms with Crippen LogP contribution in [0.2, 0.25) is 0 Å². The molecule has 94 valence electrons. The Labute approximate surface area is 110 Å². The van der Waals surface area contributed by atoms with Crippen LogP contribution in [0, 0.1) is 12.7 Å². The summed E-state index contributed by atoms with van der Waals surface area (Å²) in [6, 6.07) is 4.79. The van der Waals surface area contributed by atoms with Gasteiger partial charge in [-0.2, -0.15) is 0 Å². The molecule has 4 heteroatoms. The predicted octanol–water partition coefficient (Wildman–Crippen LogP) is 3.48. The van der Waals surface area contributed by atoms with Crippen LogP contribution in [-0.4, -0.2) is 10.2 Å². The van der Waals surface area contributed by atoms with E-state index in [0.29, 0.717) is 5.56 Å². The van der Waals surface area contributed by atoms with Gasteiger partial charge in [-0.15, -0.1) is 0 Å². The third-order valence-electron chi connectivity index (χ3n) is 2.58. The summed E-state index contributed by atoms with van der Waals surface area (Å²) in [6.07, 6.45) is 0. The highest BCUT2D eigenvalue weighted by molar-refractivity contribution is 9.10. The van der Waals surface area contributed by atoms with E-state index in [2.05, 4.69) is 21.2 Å². The summed E-state index contributed by atoms with van der Waals surface area (Å²) in [7, 11) is 0. The van der Waals surface area contributed by atoms with Gasteiger partial charge in [0.05, 0.1) is 10.4 Å². The van der Waals surface area contributed by atoms with Crippen LogP contribution >= 0.6 is 15.9 Å². The van der Waals surface area contributed by atoms with Crippen molar-refractivity contribution in [1.82, 2.24) is 5.32 Å². The molecule has 0 saturated carbocycles. The molecule has 0 aliphatic heterocycles. The fourth-order valence-corrected chi connectivity index (χ4v) is 1.44. The summed E-state index contributed by atoms with van der Waals surface area (Å²) in [5.74, 6) is -0.368. The molecular weight excluding hydrogens is 285 g/mol. The van der Waals surface area contributed by atoms with Gasteiger partial charge in [-0.25, -0.2) is 4.39 Å². The van der Waals surface area contributed by atoms with Crippen molar-refractivity contribution in [3.05, 3.63) is 35.1 Å². The highest BCUT2D eigenvalue weighted by Crippen LogP contribution is 2.20. The minimum absolute atomic E-state index is 0.119. The lowest BCUT2D eigenvalue weighted by atomic mass is 10.1. The molecule has 0 aliphatic rings. The van der Waals surface area contributed by atoms with Crippen molar-refractivity contribution >= 4 is 21.8 Å². The predicted molar refractivity (Wildman–Crippen MR) is 70.7 cm³/mol. The molecule has 0 heterocycles. The molecule has 0 saturated heterocycles. The van der Waals surface area contributed by atoms with Crippen molar-refractivity contribution in [1.29, 1.82) is 0 Å². The third-order valence-corrected chi connectivity index (χ3v) is 2.94.